The van der Waals surface area contributed by atoms with Crippen LogP contribution in [0.25, 0.3) is 5.69 Å². The molecule has 0 amide bonds. The topological polar surface area (TPSA) is 119 Å². The van der Waals surface area contributed by atoms with E-state index in [0.717, 1.165) is 4.68 Å². The minimum Gasteiger partial charge on any atom is -0.455 e. The molecule has 0 aliphatic carbocycles. The maximum Gasteiger partial charge on any atom is 0.349 e. The Morgan fingerprint density at radius 3 is 2.57 bits per heavy atom. The van der Waals surface area contributed by atoms with E-state index < -0.39 is 16.9 Å². The Kier molecular flexibility index (Phi) is 4.66. The fourth-order valence-corrected chi connectivity index (χ4v) is 3.80. The van der Waals surface area contributed by atoms with Gasteiger partial charge in [-0.05, 0) is 56.1 Å². The monoisotopic (exact) mass is 506 g/mol. The van der Waals surface area contributed by atoms with E-state index in [9.17, 15) is 9.59 Å². The zero-order valence-corrected chi connectivity index (χ0v) is 16.9. The van der Waals surface area contributed by atoms with Crippen LogP contribution in [0, 0.1) is 11.3 Å². The largest absolute Gasteiger partial charge is 0.455 e. The first-order valence-electron chi connectivity index (χ1n) is 7.67. The lowest BCUT2D eigenvalue weighted by atomic mass is 10.3. The summed E-state index contributed by atoms with van der Waals surface area (Å²) in [6.45, 7) is 0.159. The molecule has 4 rings (SSSR count). The van der Waals surface area contributed by atoms with E-state index in [1.807, 2.05) is 0 Å². The van der Waals surface area contributed by atoms with Crippen LogP contribution in [0.15, 0.2) is 48.9 Å². The predicted octanol–water partition coefficient (Wildman–Crippen LogP) is 2.84. The molecule has 0 unspecified atom stereocenters. The van der Waals surface area contributed by atoms with Crippen LogP contribution < -0.4 is 25.5 Å². The third-order valence-corrected chi connectivity index (χ3v) is 4.90. The Balaban J connectivity index is 1.73. The number of H-pyrrole nitrogens is 1. The van der Waals surface area contributed by atoms with Gasteiger partial charge in [0.25, 0.3) is 5.56 Å². The van der Waals surface area contributed by atoms with E-state index in [1.165, 1.54) is 0 Å². The minimum absolute atomic E-state index is 0.159. The van der Waals surface area contributed by atoms with Gasteiger partial charge in [-0.1, -0.05) is 0 Å². The van der Waals surface area contributed by atoms with E-state index in [0.29, 0.717) is 37.6 Å². The Labute approximate surface area is 173 Å². The second kappa shape index (κ2) is 7.14. The van der Waals surface area contributed by atoms with E-state index in [2.05, 4.69) is 41.9 Å². The lowest BCUT2D eigenvalue weighted by Crippen LogP contribution is -2.33. The van der Waals surface area contributed by atoms with Gasteiger partial charge in [-0.3, -0.25) is 9.78 Å². The number of halogens is 2. The van der Waals surface area contributed by atoms with Crippen LogP contribution in [0.1, 0.15) is 5.69 Å². The number of hydrogen-bond acceptors (Lipinski definition) is 7. The molecular formula is C17H8Br2N4O5. The standard InChI is InChI=1S/C17H8Br2N4O5/c18-10-3-8(23-17(25)21-16(24)12(6-20)22-23)4-11(19)15(10)28-9-1-2-13-14(5-9)27-7-26-13/h1-5H,7H2,(H,21,24,25). The van der Waals surface area contributed by atoms with Crippen molar-refractivity contribution in [3.05, 3.63) is 65.8 Å². The smallest absolute Gasteiger partial charge is 0.349 e. The summed E-state index contributed by atoms with van der Waals surface area (Å²) in [5, 5.41) is 12.7. The quantitative estimate of drug-likeness (QED) is 0.578. The molecule has 9 nitrogen and oxygen atoms in total. The first-order valence-corrected chi connectivity index (χ1v) is 9.25. The molecule has 140 valence electrons. The van der Waals surface area contributed by atoms with Crippen molar-refractivity contribution in [3.8, 4) is 34.8 Å². The van der Waals surface area contributed by atoms with Crippen molar-refractivity contribution in [2.24, 2.45) is 0 Å². The molecule has 1 aliphatic rings. The van der Waals surface area contributed by atoms with Gasteiger partial charge in [-0.2, -0.15) is 9.94 Å². The normalized spacial score (nSPS) is 11.9. The Morgan fingerprint density at radius 1 is 1.14 bits per heavy atom. The first kappa shape index (κ1) is 18.3. The molecule has 1 N–H and O–H groups in total. The molecule has 1 aromatic heterocycles. The fourth-order valence-electron chi connectivity index (χ4n) is 2.47. The van der Waals surface area contributed by atoms with Crippen LogP contribution in [0.2, 0.25) is 0 Å². The average Bonchev–Trinajstić information content (AvgIpc) is 3.12. The number of nitriles is 1. The number of benzene rings is 2. The highest BCUT2D eigenvalue weighted by molar-refractivity contribution is 9.11. The summed E-state index contributed by atoms with van der Waals surface area (Å²) in [4.78, 5) is 25.6. The summed E-state index contributed by atoms with van der Waals surface area (Å²) < 4.78 is 18.4. The van der Waals surface area contributed by atoms with Crippen LogP contribution >= 0.6 is 31.9 Å². The third kappa shape index (κ3) is 3.28. The van der Waals surface area contributed by atoms with Gasteiger partial charge in [-0.15, -0.1) is 5.10 Å². The van der Waals surface area contributed by atoms with E-state index in [1.54, 1.807) is 36.4 Å². The number of aromatic nitrogens is 3. The molecule has 0 radical (unpaired) electrons. The number of ether oxygens (including phenoxy) is 3. The molecule has 0 atom stereocenters. The van der Waals surface area contributed by atoms with Crippen LogP contribution in [-0.2, 0) is 0 Å². The van der Waals surface area contributed by atoms with Crippen molar-refractivity contribution in [2.75, 3.05) is 6.79 Å². The number of aromatic amines is 1. The van der Waals surface area contributed by atoms with Gasteiger partial charge in [0.1, 0.15) is 11.8 Å². The molecule has 28 heavy (non-hydrogen) atoms. The Bertz CT molecular complexity index is 1240. The van der Waals surface area contributed by atoms with Crippen molar-refractivity contribution in [1.82, 2.24) is 14.8 Å². The zero-order chi connectivity index (χ0) is 19.8. The highest BCUT2D eigenvalue weighted by atomic mass is 79.9. The molecule has 0 fully saturated rings. The van der Waals surface area contributed by atoms with Crippen molar-refractivity contribution >= 4 is 31.9 Å². The maximum absolute atomic E-state index is 12.1. The molecule has 0 saturated carbocycles. The zero-order valence-electron chi connectivity index (χ0n) is 13.7. The van der Waals surface area contributed by atoms with Crippen LogP contribution in [0.3, 0.4) is 0 Å². The van der Waals surface area contributed by atoms with Crippen LogP contribution in [-0.4, -0.2) is 21.6 Å². The molecule has 2 aromatic carbocycles. The van der Waals surface area contributed by atoms with Crippen molar-refractivity contribution in [1.29, 1.82) is 5.26 Å². The number of nitrogens with one attached hydrogen (secondary N) is 1. The van der Waals surface area contributed by atoms with Gasteiger partial charge in [0.2, 0.25) is 12.5 Å². The molecular weight excluding hydrogens is 500 g/mol. The van der Waals surface area contributed by atoms with E-state index in [4.69, 9.17) is 19.5 Å². The third-order valence-electron chi connectivity index (χ3n) is 3.73. The first-order chi connectivity index (χ1) is 13.5. The summed E-state index contributed by atoms with van der Waals surface area (Å²) in [6, 6.07) is 9.95. The molecule has 11 heteroatoms. The molecule has 0 spiro atoms. The maximum atomic E-state index is 12.1. The summed E-state index contributed by atoms with van der Waals surface area (Å²) in [7, 11) is 0. The average molecular weight is 508 g/mol. The van der Waals surface area contributed by atoms with Gasteiger partial charge in [0.15, 0.2) is 17.2 Å². The van der Waals surface area contributed by atoms with Crippen molar-refractivity contribution in [3.63, 3.8) is 0 Å². The molecule has 0 saturated heterocycles. The summed E-state index contributed by atoms with van der Waals surface area (Å²) in [5.41, 5.74) is -1.72. The summed E-state index contributed by atoms with van der Waals surface area (Å²) in [6.07, 6.45) is 0. The molecule has 2 heterocycles. The van der Waals surface area contributed by atoms with Gasteiger partial charge in [0.05, 0.1) is 14.6 Å². The van der Waals surface area contributed by atoms with Crippen molar-refractivity contribution < 1.29 is 14.2 Å². The van der Waals surface area contributed by atoms with Gasteiger partial charge in [0, 0.05) is 6.07 Å². The molecule has 3 aromatic rings. The second-order valence-electron chi connectivity index (χ2n) is 5.49. The summed E-state index contributed by atoms with van der Waals surface area (Å²) in [5.74, 6) is 2.18. The fraction of sp³-hybridized carbons (Fsp3) is 0.0588. The number of rotatable bonds is 3. The van der Waals surface area contributed by atoms with Crippen LogP contribution in [0.5, 0.6) is 23.0 Å². The Morgan fingerprint density at radius 2 is 1.86 bits per heavy atom. The minimum atomic E-state index is -0.843. The highest BCUT2D eigenvalue weighted by Crippen LogP contribution is 2.41. The molecule has 1 aliphatic heterocycles. The van der Waals surface area contributed by atoms with E-state index >= 15 is 0 Å². The Hall–Kier alpha value is -3.10. The van der Waals surface area contributed by atoms with Crippen LogP contribution in [0.4, 0.5) is 0 Å². The van der Waals surface area contributed by atoms with E-state index in [-0.39, 0.29) is 6.79 Å². The predicted molar refractivity (Wildman–Crippen MR) is 103 cm³/mol. The molecule has 0 bridgehead atoms. The van der Waals surface area contributed by atoms with Crippen molar-refractivity contribution in [2.45, 2.75) is 0 Å². The van der Waals surface area contributed by atoms with Gasteiger partial charge >= 0.3 is 5.69 Å². The SMILES string of the molecule is N#Cc1nn(-c2cc(Br)c(Oc3ccc4c(c3)OCO4)c(Br)c2)c(=O)[nH]c1=O. The number of fused-ring (bicyclic) bond motifs is 1. The lowest BCUT2D eigenvalue weighted by Gasteiger charge is -2.13. The number of hydrogen-bond donors (Lipinski definition) is 1. The second-order valence-corrected chi connectivity index (χ2v) is 7.20. The highest BCUT2D eigenvalue weighted by Gasteiger charge is 2.17. The lowest BCUT2D eigenvalue weighted by molar-refractivity contribution is 0.174. The summed E-state index contributed by atoms with van der Waals surface area (Å²) >= 11 is 6.80. The van der Waals surface area contributed by atoms with Gasteiger partial charge < -0.3 is 14.2 Å². The van der Waals surface area contributed by atoms with Gasteiger partial charge in [-0.25, -0.2) is 4.79 Å². The number of nitrogens with zero attached hydrogens (tertiary/aromatic N) is 3.